The summed E-state index contributed by atoms with van der Waals surface area (Å²) in [5, 5.41) is 4.25. The summed E-state index contributed by atoms with van der Waals surface area (Å²) in [4.78, 5) is 2.54. The molecule has 0 amide bonds. The summed E-state index contributed by atoms with van der Waals surface area (Å²) in [5.74, 6) is 0.922. The standard InChI is InChI=1S/C16H21N3O/c1-18-11-13(10-17-18)12-19-9-3-4-16(19)14-5-7-15(20-2)8-6-14/h5-8,10-11,16H,3-4,9,12H2,1-2H3. The maximum absolute atomic E-state index is 5.23. The number of hydrogen-bond donors (Lipinski definition) is 0. The van der Waals surface area contributed by atoms with E-state index < -0.39 is 0 Å². The molecular formula is C16H21N3O. The van der Waals surface area contributed by atoms with Gasteiger partial charge in [0.15, 0.2) is 0 Å². The highest BCUT2D eigenvalue weighted by molar-refractivity contribution is 5.29. The monoisotopic (exact) mass is 271 g/mol. The molecule has 1 unspecified atom stereocenters. The Bertz CT molecular complexity index is 561. The fraction of sp³-hybridized carbons (Fsp3) is 0.438. The van der Waals surface area contributed by atoms with Gasteiger partial charge in [-0.15, -0.1) is 0 Å². The highest BCUT2D eigenvalue weighted by atomic mass is 16.5. The molecule has 0 bridgehead atoms. The summed E-state index contributed by atoms with van der Waals surface area (Å²) in [6.07, 6.45) is 6.55. The number of hydrogen-bond acceptors (Lipinski definition) is 3. The first-order valence-corrected chi connectivity index (χ1v) is 7.12. The minimum absolute atomic E-state index is 0.515. The number of rotatable bonds is 4. The molecule has 0 saturated carbocycles. The van der Waals surface area contributed by atoms with Crippen LogP contribution in [0.2, 0.25) is 0 Å². The molecule has 0 radical (unpaired) electrons. The maximum Gasteiger partial charge on any atom is 0.118 e. The van der Waals surface area contributed by atoms with Crippen molar-refractivity contribution in [1.29, 1.82) is 0 Å². The summed E-state index contributed by atoms with van der Waals surface area (Å²) in [6, 6.07) is 8.99. The topological polar surface area (TPSA) is 30.3 Å². The summed E-state index contributed by atoms with van der Waals surface area (Å²) in [5.41, 5.74) is 2.67. The SMILES string of the molecule is COc1ccc(C2CCCN2Cc2cnn(C)c2)cc1. The van der Waals surface area contributed by atoms with Crippen molar-refractivity contribution in [2.45, 2.75) is 25.4 Å². The van der Waals surface area contributed by atoms with Crippen LogP contribution >= 0.6 is 0 Å². The molecule has 2 aromatic rings. The molecule has 1 aromatic heterocycles. The Morgan fingerprint density at radius 3 is 2.75 bits per heavy atom. The van der Waals surface area contributed by atoms with Crippen molar-refractivity contribution in [2.75, 3.05) is 13.7 Å². The molecule has 1 aliphatic rings. The van der Waals surface area contributed by atoms with Gasteiger partial charge in [-0.3, -0.25) is 9.58 Å². The number of aromatic nitrogens is 2. The van der Waals surface area contributed by atoms with E-state index in [1.807, 2.05) is 17.9 Å². The Kier molecular flexibility index (Phi) is 3.74. The van der Waals surface area contributed by atoms with E-state index in [1.54, 1.807) is 7.11 Å². The van der Waals surface area contributed by atoms with Crippen molar-refractivity contribution in [3.05, 3.63) is 47.8 Å². The molecule has 1 atom stereocenters. The van der Waals surface area contributed by atoms with Crippen molar-refractivity contribution in [3.8, 4) is 5.75 Å². The molecule has 1 aliphatic heterocycles. The van der Waals surface area contributed by atoms with E-state index in [9.17, 15) is 0 Å². The van der Waals surface area contributed by atoms with Crippen LogP contribution < -0.4 is 4.74 Å². The molecular weight excluding hydrogens is 250 g/mol. The van der Waals surface area contributed by atoms with Crippen LogP contribution in [0.25, 0.3) is 0 Å². The Hall–Kier alpha value is -1.81. The lowest BCUT2D eigenvalue weighted by Crippen LogP contribution is -2.22. The Morgan fingerprint density at radius 2 is 2.10 bits per heavy atom. The predicted octanol–water partition coefficient (Wildman–Crippen LogP) is 2.77. The fourth-order valence-electron chi connectivity index (χ4n) is 3.01. The van der Waals surface area contributed by atoms with Crippen LogP contribution in [0.1, 0.15) is 30.0 Å². The molecule has 1 aromatic carbocycles. The second kappa shape index (κ2) is 5.67. The van der Waals surface area contributed by atoms with Crippen LogP contribution in [-0.2, 0) is 13.6 Å². The quantitative estimate of drug-likeness (QED) is 0.856. The number of ether oxygens (including phenoxy) is 1. The van der Waals surface area contributed by atoms with Gasteiger partial charge >= 0.3 is 0 Å². The lowest BCUT2D eigenvalue weighted by atomic mass is 10.0. The first-order chi connectivity index (χ1) is 9.76. The second-order valence-corrected chi connectivity index (χ2v) is 5.42. The fourth-order valence-corrected chi connectivity index (χ4v) is 3.01. The minimum Gasteiger partial charge on any atom is -0.497 e. The van der Waals surface area contributed by atoms with Crippen molar-refractivity contribution in [1.82, 2.24) is 14.7 Å². The first-order valence-electron chi connectivity index (χ1n) is 7.12. The number of likely N-dealkylation sites (tertiary alicyclic amines) is 1. The highest BCUT2D eigenvalue weighted by Gasteiger charge is 2.26. The molecule has 3 rings (SSSR count). The zero-order chi connectivity index (χ0) is 13.9. The molecule has 0 aliphatic carbocycles. The zero-order valence-corrected chi connectivity index (χ0v) is 12.1. The second-order valence-electron chi connectivity index (χ2n) is 5.42. The normalized spacial score (nSPS) is 19.4. The van der Waals surface area contributed by atoms with Gasteiger partial charge in [0.1, 0.15) is 5.75 Å². The van der Waals surface area contributed by atoms with Gasteiger partial charge in [0.2, 0.25) is 0 Å². The van der Waals surface area contributed by atoms with E-state index in [0.717, 1.165) is 18.8 Å². The Morgan fingerprint density at radius 1 is 1.30 bits per heavy atom. The summed E-state index contributed by atoms with van der Waals surface area (Å²) < 4.78 is 7.10. The Labute approximate surface area is 120 Å². The lowest BCUT2D eigenvalue weighted by Gasteiger charge is -2.24. The molecule has 106 valence electrons. The minimum atomic E-state index is 0.515. The van der Waals surface area contributed by atoms with Crippen molar-refractivity contribution >= 4 is 0 Å². The highest BCUT2D eigenvalue weighted by Crippen LogP contribution is 2.33. The van der Waals surface area contributed by atoms with Crippen LogP contribution in [0, 0.1) is 0 Å². The molecule has 2 heterocycles. The van der Waals surface area contributed by atoms with Crippen molar-refractivity contribution < 1.29 is 4.74 Å². The van der Waals surface area contributed by atoms with Crippen LogP contribution in [0.4, 0.5) is 0 Å². The van der Waals surface area contributed by atoms with Gasteiger partial charge in [-0.1, -0.05) is 12.1 Å². The van der Waals surface area contributed by atoms with Gasteiger partial charge in [0, 0.05) is 31.4 Å². The molecule has 1 saturated heterocycles. The number of methoxy groups -OCH3 is 1. The van der Waals surface area contributed by atoms with E-state index in [0.29, 0.717) is 6.04 Å². The predicted molar refractivity (Wildman–Crippen MR) is 78.6 cm³/mol. The first kappa shape index (κ1) is 13.2. The van der Waals surface area contributed by atoms with E-state index in [2.05, 4.69) is 40.5 Å². The molecule has 0 N–H and O–H groups in total. The van der Waals surface area contributed by atoms with Crippen LogP contribution in [0.3, 0.4) is 0 Å². The maximum atomic E-state index is 5.23. The third kappa shape index (κ3) is 2.70. The van der Waals surface area contributed by atoms with Crippen molar-refractivity contribution in [2.24, 2.45) is 7.05 Å². The molecule has 0 spiro atoms. The average Bonchev–Trinajstić information content (AvgIpc) is 3.09. The van der Waals surface area contributed by atoms with Gasteiger partial charge < -0.3 is 4.74 Å². The van der Waals surface area contributed by atoms with Crippen LogP contribution in [0.15, 0.2) is 36.7 Å². The molecule has 4 nitrogen and oxygen atoms in total. The lowest BCUT2D eigenvalue weighted by molar-refractivity contribution is 0.248. The summed E-state index contributed by atoms with van der Waals surface area (Å²) in [6.45, 7) is 2.14. The van der Waals surface area contributed by atoms with Crippen LogP contribution in [0.5, 0.6) is 5.75 Å². The van der Waals surface area contributed by atoms with E-state index in [-0.39, 0.29) is 0 Å². The van der Waals surface area contributed by atoms with E-state index in [4.69, 9.17) is 4.74 Å². The van der Waals surface area contributed by atoms with Crippen molar-refractivity contribution in [3.63, 3.8) is 0 Å². The largest absolute Gasteiger partial charge is 0.497 e. The number of aryl methyl sites for hydroxylation is 1. The van der Waals surface area contributed by atoms with Gasteiger partial charge in [-0.05, 0) is 37.1 Å². The zero-order valence-electron chi connectivity index (χ0n) is 12.1. The average molecular weight is 271 g/mol. The molecule has 20 heavy (non-hydrogen) atoms. The Balaban J connectivity index is 1.74. The van der Waals surface area contributed by atoms with Gasteiger partial charge in [0.25, 0.3) is 0 Å². The summed E-state index contributed by atoms with van der Waals surface area (Å²) in [7, 11) is 3.67. The molecule has 1 fully saturated rings. The number of benzene rings is 1. The molecule has 4 heteroatoms. The van der Waals surface area contributed by atoms with Gasteiger partial charge in [-0.2, -0.15) is 5.10 Å². The number of nitrogens with zero attached hydrogens (tertiary/aromatic N) is 3. The van der Waals surface area contributed by atoms with Crippen LogP contribution in [-0.4, -0.2) is 28.3 Å². The third-order valence-electron chi connectivity index (χ3n) is 4.01. The van der Waals surface area contributed by atoms with Gasteiger partial charge in [-0.25, -0.2) is 0 Å². The smallest absolute Gasteiger partial charge is 0.118 e. The third-order valence-corrected chi connectivity index (χ3v) is 4.01. The van der Waals surface area contributed by atoms with Gasteiger partial charge in [0.05, 0.1) is 13.3 Å². The summed E-state index contributed by atoms with van der Waals surface area (Å²) >= 11 is 0. The van der Waals surface area contributed by atoms with E-state index in [1.165, 1.54) is 24.0 Å². The van der Waals surface area contributed by atoms with E-state index >= 15 is 0 Å².